The van der Waals surface area contributed by atoms with Gasteiger partial charge in [0.25, 0.3) is 0 Å². The van der Waals surface area contributed by atoms with Crippen molar-refractivity contribution < 1.29 is 9.47 Å². The lowest BCUT2D eigenvalue weighted by Crippen LogP contribution is -2.01. The molecule has 0 unspecified atom stereocenters. The molecule has 0 radical (unpaired) electrons. The summed E-state index contributed by atoms with van der Waals surface area (Å²) in [4.78, 5) is 8.04. The minimum Gasteiger partial charge on any atom is -0.481 e. The van der Waals surface area contributed by atoms with Crippen LogP contribution in [-0.2, 0) is 0 Å². The summed E-state index contributed by atoms with van der Waals surface area (Å²) in [6, 6.07) is 2.07. The molecule has 0 saturated heterocycles. The first-order chi connectivity index (χ1) is 9.65. The molecular weight excluding hydrogens is 278 g/mol. The van der Waals surface area contributed by atoms with Gasteiger partial charge in [0.05, 0.1) is 23.8 Å². The van der Waals surface area contributed by atoms with Crippen LogP contribution < -0.4 is 9.47 Å². The minimum atomic E-state index is 0.370. The molecule has 0 spiro atoms. The van der Waals surface area contributed by atoms with E-state index in [4.69, 9.17) is 26.3 Å². The average molecular weight is 290 g/mol. The number of ether oxygens (including phenoxy) is 2. The van der Waals surface area contributed by atoms with E-state index < -0.39 is 0 Å². The van der Waals surface area contributed by atoms with E-state index in [0.717, 1.165) is 0 Å². The summed E-state index contributed by atoms with van der Waals surface area (Å²) in [7, 11) is 1.53. The van der Waals surface area contributed by atoms with E-state index in [1.807, 2.05) is 0 Å². The molecule has 1 aromatic heterocycles. The van der Waals surface area contributed by atoms with Crippen LogP contribution in [0.4, 0.5) is 0 Å². The molecule has 102 valence electrons. The van der Waals surface area contributed by atoms with E-state index in [1.165, 1.54) is 13.4 Å². The van der Waals surface area contributed by atoms with Crippen molar-refractivity contribution in [2.24, 2.45) is 0 Å². The molecule has 2 rings (SSSR count). The third-order valence-corrected chi connectivity index (χ3v) is 3.04. The van der Waals surface area contributed by atoms with Gasteiger partial charge in [-0.15, -0.1) is 0 Å². The molecule has 0 aromatic carbocycles. The minimum absolute atomic E-state index is 0.370. The van der Waals surface area contributed by atoms with E-state index in [9.17, 15) is 0 Å². The summed E-state index contributed by atoms with van der Waals surface area (Å²) < 4.78 is 10.8. The standard InChI is InChI=1S/C14H12ClN3O2/c1-9-13(19-2)17-8-18-14(9)20-12-6-4-10(7-16)3-5-11(12)15/h3-4,6,8H,5H2,1-2H3. The summed E-state index contributed by atoms with van der Waals surface area (Å²) in [5, 5.41) is 9.38. The van der Waals surface area contributed by atoms with Crippen LogP contribution in [0.25, 0.3) is 0 Å². The van der Waals surface area contributed by atoms with Gasteiger partial charge in [-0.25, -0.2) is 9.97 Å². The van der Waals surface area contributed by atoms with Crippen molar-refractivity contribution >= 4 is 11.6 Å². The molecule has 0 aliphatic heterocycles. The normalized spacial score (nSPS) is 14.4. The molecule has 1 heterocycles. The second kappa shape index (κ2) is 6.22. The molecule has 1 aromatic rings. The molecule has 0 saturated carbocycles. The third kappa shape index (κ3) is 2.98. The Labute approximate surface area is 121 Å². The van der Waals surface area contributed by atoms with Crippen LogP contribution in [0.2, 0.25) is 0 Å². The molecule has 6 heteroatoms. The number of aromatic nitrogens is 2. The van der Waals surface area contributed by atoms with Gasteiger partial charge in [0, 0.05) is 12.0 Å². The maximum Gasteiger partial charge on any atom is 0.229 e. The summed E-state index contributed by atoms with van der Waals surface area (Å²) >= 11 is 6.16. The lowest BCUT2D eigenvalue weighted by Gasteiger charge is -2.10. The zero-order valence-corrected chi connectivity index (χ0v) is 11.8. The number of nitrogens with zero attached hydrogens (tertiary/aromatic N) is 3. The smallest absolute Gasteiger partial charge is 0.229 e. The Kier molecular flexibility index (Phi) is 4.38. The van der Waals surface area contributed by atoms with Gasteiger partial charge in [0.2, 0.25) is 11.8 Å². The van der Waals surface area contributed by atoms with Gasteiger partial charge in [0.15, 0.2) is 0 Å². The maximum absolute atomic E-state index is 8.88. The van der Waals surface area contributed by atoms with E-state index in [1.54, 1.807) is 25.2 Å². The SMILES string of the molecule is COc1ncnc(OC2=C(Cl)CC=C(C#N)C=C2)c1C. The first kappa shape index (κ1) is 14.1. The first-order valence-corrected chi connectivity index (χ1v) is 6.24. The monoisotopic (exact) mass is 289 g/mol. The Bertz CT molecular complexity index is 657. The Morgan fingerprint density at radius 1 is 1.30 bits per heavy atom. The number of hydrogen-bond donors (Lipinski definition) is 0. The molecule has 0 atom stereocenters. The van der Waals surface area contributed by atoms with Crippen LogP contribution in [-0.4, -0.2) is 17.1 Å². The van der Waals surface area contributed by atoms with E-state index in [0.29, 0.717) is 40.1 Å². The van der Waals surface area contributed by atoms with Crippen molar-refractivity contribution in [2.45, 2.75) is 13.3 Å². The average Bonchev–Trinajstić information content (AvgIpc) is 2.64. The molecule has 20 heavy (non-hydrogen) atoms. The second-order valence-corrected chi connectivity index (χ2v) is 4.45. The summed E-state index contributed by atoms with van der Waals surface area (Å²) in [5.41, 5.74) is 1.22. The van der Waals surface area contributed by atoms with Gasteiger partial charge < -0.3 is 9.47 Å². The highest BCUT2D eigenvalue weighted by atomic mass is 35.5. The van der Waals surface area contributed by atoms with Crippen LogP contribution in [0.3, 0.4) is 0 Å². The summed E-state index contributed by atoms with van der Waals surface area (Å²) in [5.74, 6) is 1.27. The molecule has 0 bridgehead atoms. The fourth-order valence-electron chi connectivity index (χ4n) is 1.63. The molecular formula is C14H12ClN3O2. The zero-order valence-electron chi connectivity index (χ0n) is 11.1. The highest BCUT2D eigenvalue weighted by Crippen LogP contribution is 2.27. The van der Waals surface area contributed by atoms with Crippen molar-refractivity contribution in [3.05, 3.63) is 46.5 Å². The molecule has 0 N–H and O–H groups in total. The zero-order chi connectivity index (χ0) is 14.5. The topological polar surface area (TPSA) is 68.0 Å². The Balaban J connectivity index is 2.29. The van der Waals surface area contributed by atoms with Crippen LogP contribution in [0.15, 0.2) is 40.9 Å². The predicted molar refractivity (Wildman–Crippen MR) is 74.3 cm³/mol. The Morgan fingerprint density at radius 2 is 2.05 bits per heavy atom. The van der Waals surface area contributed by atoms with Crippen LogP contribution in [0.5, 0.6) is 11.8 Å². The number of nitriles is 1. The number of methoxy groups -OCH3 is 1. The lowest BCUT2D eigenvalue weighted by atomic mass is 10.2. The maximum atomic E-state index is 8.88. The molecule has 1 aliphatic carbocycles. The van der Waals surface area contributed by atoms with Gasteiger partial charge in [-0.1, -0.05) is 17.7 Å². The van der Waals surface area contributed by atoms with Crippen molar-refractivity contribution in [3.63, 3.8) is 0 Å². The van der Waals surface area contributed by atoms with Crippen molar-refractivity contribution in [1.82, 2.24) is 9.97 Å². The Morgan fingerprint density at radius 3 is 2.75 bits per heavy atom. The summed E-state index contributed by atoms with van der Waals surface area (Å²) in [6.45, 7) is 1.79. The van der Waals surface area contributed by atoms with Gasteiger partial charge in [-0.05, 0) is 19.1 Å². The van der Waals surface area contributed by atoms with Crippen LogP contribution in [0, 0.1) is 18.3 Å². The second-order valence-electron chi connectivity index (χ2n) is 3.99. The first-order valence-electron chi connectivity index (χ1n) is 5.86. The van der Waals surface area contributed by atoms with Gasteiger partial charge in [-0.3, -0.25) is 0 Å². The highest BCUT2D eigenvalue weighted by Gasteiger charge is 2.13. The van der Waals surface area contributed by atoms with Gasteiger partial charge >= 0.3 is 0 Å². The largest absolute Gasteiger partial charge is 0.481 e. The number of allylic oxidation sites excluding steroid dienone is 5. The third-order valence-electron chi connectivity index (χ3n) is 2.70. The fraction of sp³-hybridized carbons (Fsp3) is 0.214. The van der Waals surface area contributed by atoms with Gasteiger partial charge in [-0.2, -0.15) is 5.26 Å². The number of hydrogen-bond acceptors (Lipinski definition) is 5. The fourth-order valence-corrected chi connectivity index (χ4v) is 1.81. The van der Waals surface area contributed by atoms with Crippen molar-refractivity contribution in [1.29, 1.82) is 5.26 Å². The number of rotatable bonds is 3. The van der Waals surface area contributed by atoms with Crippen LogP contribution in [0.1, 0.15) is 12.0 Å². The van der Waals surface area contributed by atoms with Crippen molar-refractivity contribution in [2.75, 3.05) is 7.11 Å². The molecule has 1 aliphatic rings. The highest BCUT2D eigenvalue weighted by molar-refractivity contribution is 6.30. The van der Waals surface area contributed by atoms with Crippen molar-refractivity contribution in [3.8, 4) is 17.8 Å². The summed E-state index contributed by atoms with van der Waals surface area (Å²) in [6.07, 6.45) is 6.84. The predicted octanol–water partition coefficient (Wildman–Crippen LogP) is 3.03. The molecule has 0 fully saturated rings. The van der Waals surface area contributed by atoms with Gasteiger partial charge in [0.1, 0.15) is 12.1 Å². The van der Waals surface area contributed by atoms with E-state index in [-0.39, 0.29) is 0 Å². The quantitative estimate of drug-likeness (QED) is 0.855. The lowest BCUT2D eigenvalue weighted by molar-refractivity contribution is 0.375. The number of halogens is 1. The van der Waals surface area contributed by atoms with E-state index >= 15 is 0 Å². The Hall–Kier alpha value is -2.32. The van der Waals surface area contributed by atoms with E-state index in [2.05, 4.69) is 16.0 Å². The molecule has 0 amide bonds. The molecule has 5 nitrogen and oxygen atoms in total. The van der Waals surface area contributed by atoms with Crippen LogP contribution >= 0.6 is 11.6 Å².